The van der Waals surface area contributed by atoms with E-state index < -0.39 is 23.1 Å². The molecule has 0 spiro atoms. The Bertz CT molecular complexity index is 283. The minimum Gasteiger partial charge on any atom is -0.365 e. The zero-order valence-corrected chi connectivity index (χ0v) is 5.47. The predicted molar refractivity (Wildman–Crippen MR) is 44.8 cm³/mol. The molecule has 0 atom stereocenters. The number of hydrogen-bond donors (Lipinski definition) is 1. The van der Waals surface area contributed by atoms with Crippen molar-refractivity contribution in [3.63, 3.8) is 0 Å². The summed E-state index contributed by atoms with van der Waals surface area (Å²) in [7, 11) is 0. The minimum atomic E-state index is -1.10. The van der Waals surface area contributed by atoms with E-state index in [4.69, 9.17) is 5.73 Å². The summed E-state index contributed by atoms with van der Waals surface area (Å²) in [6, 6.07) is 3.11. The van der Waals surface area contributed by atoms with Gasteiger partial charge in [0, 0.05) is 0 Å². The molecule has 0 aliphatic heterocycles. The van der Waals surface area contributed by atoms with Crippen molar-refractivity contribution in [2.45, 2.75) is 0 Å². The first-order valence-electron chi connectivity index (χ1n) is 2.86. The summed E-state index contributed by atoms with van der Waals surface area (Å²) in [6.07, 6.45) is 0. The maximum absolute atomic E-state index is 12.6. The molecule has 5 heteroatoms. The van der Waals surface area contributed by atoms with Gasteiger partial charge < -0.3 is 5.73 Å². The number of carbonyl (C=O) groups is 1. The fourth-order valence-corrected chi connectivity index (χ4v) is 0.733. The van der Waals surface area contributed by atoms with E-state index >= 15 is 0 Å². The number of nitrogens with two attached hydrogens (primary N) is 1. The molecule has 12 heavy (non-hydrogen) atoms. The van der Waals surface area contributed by atoms with Gasteiger partial charge in [-0.05, 0) is 12.1 Å². The third kappa shape index (κ3) is 1.81. The van der Waals surface area contributed by atoms with Gasteiger partial charge >= 0.3 is 0 Å². The Balaban J connectivity index is 0.00000121. The van der Waals surface area contributed by atoms with Gasteiger partial charge in [0.2, 0.25) is 0 Å². The van der Waals surface area contributed by atoms with E-state index in [1.165, 1.54) is 0 Å². The van der Waals surface area contributed by atoms with E-state index in [2.05, 4.69) is 0 Å². The van der Waals surface area contributed by atoms with Gasteiger partial charge in [-0.25, -0.2) is 8.78 Å². The molecule has 0 saturated carbocycles. The van der Waals surface area contributed by atoms with Crippen LogP contribution in [0, 0.1) is 11.6 Å². The average Bonchev–Trinajstić information content (AvgIpc) is 1.85. The van der Waals surface area contributed by atoms with Crippen LogP contribution in [0.2, 0.25) is 0 Å². The molecule has 0 bridgehead atoms. The number of amides is 1. The second kappa shape index (κ2) is 3.85. The maximum Gasteiger partial charge on any atom is 0.254 e. The molecule has 1 rings (SSSR count). The molecule has 64 valence electrons. The highest BCUT2D eigenvalue weighted by molar-refractivity contribution is 5.93. The number of hydrogen-bond acceptors (Lipinski definition) is 1. The Labute approximate surface area is 70.0 Å². The quantitative estimate of drug-likeness (QED) is 0.588. The largest absolute Gasteiger partial charge is 0.365 e. The molecule has 0 aliphatic rings. The van der Waals surface area contributed by atoms with Crippen molar-refractivity contribution in [1.82, 2.24) is 0 Å². The highest BCUT2D eigenvalue weighted by Crippen LogP contribution is 2.10. The van der Waals surface area contributed by atoms with Crippen molar-refractivity contribution in [3.8, 4) is 0 Å². The first-order chi connectivity index (χ1) is 5.13. The number of benzene rings is 1. The van der Waals surface area contributed by atoms with Crippen LogP contribution in [0.3, 0.4) is 0 Å². The van der Waals surface area contributed by atoms with Crippen LogP contribution in [-0.4, -0.2) is 14.3 Å². The second-order valence-electron chi connectivity index (χ2n) is 1.96. The van der Waals surface area contributed by atoms with Crippen LogP contribution in [-0.2, 0) is 0 Å². The molecule has 1 amide bonds. The summed E-state index contributed by atoms with van der Waals surface area (Å²) in [4.78, 5) is 10.4. The number of halogens is 2. The summed E-state index contributed by atoms with van der Waals surface area (Å²) in [5.41, 5.74) is 4.01. The van der Waals surface area contributed by atoms with Crippen molar-refractivity contribution in [3.05, 3.63) is 35.4 Å². The molecule has 0 heterocycles. The Kier molecular flexibility index (Phi) is 3.41. The number of carbonyl (C=O) groups excluding carboxylic acids is 1. The van der Waals surface area contributed by atoms with Crippen molar-refractivity contribution in [2.75, 3.05) is 0 Å². The lowest BCUT2D eigenvalue weighted by Gasteiger charge is -1.97. The molecule has 2 nitrogen and oxygen atoms in total. The van der Waals surface area contributed by atoms with E-state index in [-0.39, 0.29) is 8.41 Å². The van der Waals surface area contributed by atoms with Crippen LogP contribution >= 0.6 is 0 Å². The van der Waals surface area contributed by atoms with Crippen LogP contribution < -0.4 is 5.73 Å². The van der Waals surface area contributed by atoms with Gasteiger partial charge in [-0.15, -0.1) is 0 Å². The normalized spacial score (nSPS) is 8.83. The highest BCUT2D eigenvalue weighted by Gasteiger charge is 2.12. The zero-order chi connectivity index (χ0) is 8.43. The van der Waals surface area contributed by atoms with Crippen molar-refractivity contribution in [2.24, 2.45) is 5.73 Å². The first kappa shape index (κ1) is 10.6. The van der Waals surface area contributed by atoms with Crippen LogP contribution in [0.25, 0.3) is 0 Å². The Morgan fingerprint density at radius 1 is 1.25 bits per heavy atom. The molecule has 0 aromatic heterocycles. The Hall–Kier alpha value is -1.39. The minimum absolute atomic E-state index is 0. The third-order valence-electron chi connectivity index (χ3n) is 1.21. The third-order valence-corrected chi connectivity index (χ3v) is 1.21. The molecular weight excluding hydrogens is 163 g/mol. The molecule has 0 aliphatic carbocycles. The molecule has 0 saturated heterocycles. The molecule has 2 N–H and O–H groups in total. The molecule has 0 fully saturated rings. The van der Waals surface area contributed by atoms with Gasteiger partial charge in [-0.2, -0.15) is 0 Å². The van der Waals surface area contributed by atoms with Crippen LogP contribution in [0.15, 0.2) is 18.2 Å². The van der Waals surface area contributed by atoms with E-state index in [1.807, 2.05) is 0 Å². The van der Waals surface area contributed by atoms with Crippen molar-refractivity contribution >= 4 is 14.3 Å². The number of primary amides is 1. The Morgan fingerprint density at radius 2 is 1.67 bits per heavy atom. The van der Waals surface area contributed by atoms with Crippen molar-refractivity contribution < 1.29 is 13.6 Å². The lowest BCUT2D eigenvalue weighted by atomic mass is 10.2. The second-order valence-corrected chi connectivity index (χ2v) is 1.96. The number of rotatable bonds is 1. The van der Waals surface area contributed by atoms with Gasteiger partial charge in [0.15, 0.2) is 0 Å². The summed E-state index contributed by atoms with van der Waals surface area (Å²) >= 11 is 0. The standard InChI is InChI=1S/C7H5F2NO.BH3/c8-4-2-1-3-5(9)6(4)7(10)11;/h1-3H,(H2,10,11);1H3. The predicted octanol–water partition coefficient (Wildman–Crippen LogP) is -0.120. The molecule has 1 aromatic carbocycles. The van der Waals surface area contributed by atoms with E-state index in [0.717, 1.165) is 18.2 Å². The molecule has 0 unspecified atom stereocenters. The van der Waals surface area contributed by atoms with E-state index in [1.54, 1.807) is 0 Å². The summed E-state index contributed by atoms with van der Waals surface area (Å²) in [5, 5.41) is 0. The lowest BCUT2D eigenvalue weighted by Crippen LogP contribution is -2.15. The van der Waals surface area contributed by atoms with Gasteiger partial charge in [0.1, 0.15) is 17.2 Å². The van der Waals surface area contributed by atoms with E-state index in [0.29, 0.717) is 0 Å². The van der Waals surface area contributed by atoms with Gasteiger partial charge in [0.25, 0.3) is 5.91 Å². The highest BCUT2D eigenvalue weighted by atomic mass is 19.1. The van der Waals surface area contributed by atoms with Gasteiger partial charge in [-0.3, -0.25) is 4.79 Å². The fraction of sp³-hybridized carbons (Fsp3) is 0. The first-order valence-corrected chi connectivity index (χ1v) is 2.86. The average molecular weight is 171 g/mol. The van der Waals surface area contributed by atoms with Crippen LogP contribution in [0.1, 0.15) is 10.4 Å². The van der Waals surface area contributed by atoms with Crippen molar-refractivity contribution in [1.29, 1.82) is 0 Å². The van der Waals surface area contributed by atoms with Crippen LogP contribution in [0.4, 0.5) is 8.78 Å². The summed E-state index contributed by atoms with van der Waals surface area (Å²) in [6.45, 7) is 0. The fourth-order valence-electron chi connectivity index (χ4n) is 0.733. The topological polar surface area (TPSA) is 43.1 Å². The smallest absolute Gasteiger partial charge is 0.254 e. The molecular formula is C7H8BF2NO. The van der Waals surface area contributed by atoms with Gasteiger partial charge in [-0.1, -0.05) is 6.07 Å². The van der Waals surface area contributed by atoms with E-state index in [9.17, 15) is 13.6 Å². The maximum atomic E-state index is 12.6. The monoisotopic (exact) mass is 171 g/mol. The summed E-state index contributed by atoms with van der Waals surface area (Å²) in [5.74, 6) is -2.96. The summed E-state index contributed by atoms with van der Waals surface area (Å²) < 4.78 is 25.1. The SMILES string of the molecule is B.NC(=O)c1c(F)cccc1F. The molecule has 0 radical (unpaired) electrons. The molecule has 1 aromatic rings. The Morgan fingerprint density at radius 3 is 1.92 bits per heavy atom. The lowest BCUT2D eigenvalue weighted by molar-refractivity contribution is 0.0992. The zero-order valence-electron chi connectivity index (χ0n) is 5.47. The van der Waals surface area contributed by atoms with Gasteiger partial charge in [0.05, 0.1) is 8.41 Å². The van der Waals surface area contributed by atoms with Crippen LogP contribution in [0.5, 0.6) is 0 Å².